The van der Waals surface area contributed by atoms with Crippen molar-refractivity contribution in [3.05, 3.63) is 53.6 Å². The molecule has 0 aliphatic carbocycles. The lowest BCUT2D eigenvalue weighted by Gasteiger charge is -2.20. The highest BCUT2D eigenvalue weighted by atomic mass is 35.5. The van der Waals surface area contributed by atoms with E-state index in [4.69, 9.17) is 21.1 Å². The Hall–Kier alpha value is -2.00. The van der Waals surface area contributed by atoms with Crippen LogP contribution < -0.4 is 4.74 Å². The van der Waals surface area contributed by atoms with Crippen LogP contribution >= 0.6 is 11.6 Å². The molecule has 0 saturated carbocycles. The molecule has 0 saturated heterocycles. The second kappa shape index (κ2) is 6.84. The predicted octanol–water partition coefficient (Wildman–Crippen LogP) is 4.73. The first-order chi connectivity index (χ1) is 10.4. The lowest BCUT2D eigenvalue weighted by molar-refractivity contribution is -0.157. The minimum atomic E-state index is -0.525. The fourth-order valence-corrected chi connectivity index (χ4v) is 2.24. The van der Waals surface area contributed by atoms with E-state index in [1.807, 2.05) is 69.3 Å². The van der Waals surface area contributed by atoms with Gasteiger partial charge in [0.15, 0.2) is 6.61 Å². The SMILES string of the molecule is CC(C)(C)OC(=O)COc1ccccc1-c1ccccc1Cl. The zero-order chi connectivity index (χ0) is 16.2. The Labute approximate surface area is 135 Å². The summed E-state index contributed by atoms with van der Waals surface area (Å²) >= 11 is 6.23. The lowest BCUT2D eigenvalue weighted by Crippen LogP contribution is -2.27. The normalized spacial score (nSPS) is 11.1. The minimum Gasteiger partial charge on any atom is -0.481 e. The number of hydrogen-bond donors (Lipinski definition) is 0. The van der Waals surface area contributed by atoms with Crippen molar-refractivity contribution in [3.8, 4) is 16.9 Å². The fourth-order valence-electron chi connectivity index (χ4n) is 2.00. The molecule has 0 atom stereocenters. The third-order valence-electron chi connectivity index (χ3n) is 2.82. The van der Waals surface area contributed by atoms with E-state index in [1.54, 1.807) is 0 Å². The van der Waals surface area contributed by atoms with E-state index in [-0.39, 0.29) is 6.61 Å². The van der Waals surface area contributed by atoms with Crippen molar-refractivity contribution in [3.63, 3.8) is 0 Å². The van der Waals surface area contributed by atoms with Gasteiger partial charge >= 0.3 is 5.97 Å². The highest BCUT2D eigenvalue weighted by Gasteiger charge is 2.17. The van der Waals surface area contributed by atoms with Crippen LogP contribution in [0.4, 0.5) is 0 Å². The molecular weight excluding hydrogens is 300 g/mol. The Morgan fingerprint density at radius 2 is 1.59 bits per heavy atom. The van der Waals surface area contributed by atoms with Crippen molar-refractivity contribution in [2.45, 2.75) is 26.4 Å². The predicted molar refractivity (Wildman–Crippen MR) is 88.2 cm³/mol. The Bertz CT molecular complexity index is 659. The zero-order valence-electron chi connectivity index (χ0n) is 12.9. The van der Waals surface area contributed by atoms with Gasteiger partial charge in [0, 0.05) is 16.1 Å². The molecule has 0 bridgehead atoms. The molecule has 22 heavy (non-hydrogen) atoms. The number of hydrogen-bond acceptors (Lipinski definition) is 3. The second-order valence-electron chi connectivity index (χ2n) is 5.85. The van der Waals surface area contributed by atoms with Crippen LogP contribution in [-0.2, 0) is 9.53 Å². The van der Waals surface area contributed by atoms with Crippen LogP contribution in [0.25, 0.3) is 11.1 Å². The van der Waals surface area contributed by atoms with Gasteiger partial charge in [-0.15, -0.1) is 0 Å². The summed E-state index contributed by atoms with van der Waals surface area (Å²) in [4.78, 5) is 11.8. The van der Waals surface area contributed by atoms with Gasteiger partial charge < -0.3 is 9.47 Å². The van der Waals surface area contributed by atoms with E-state index in [0.29, 0.717) is 10.8 Å². The minimum absolute atomic E-state index is 0.140. The number of benzene rings is 2. The highest BCUT2D eigenvalue weighted by molar-refractivity contribution is 6.33. The van der Waals surface area contributed by atoms with Crippen molar-refractivity contribution >= 4 is 17.6 Å². The van der Waals surface area contributed by atoms with Crippen LogP contribution in [0.15, 0.2) is 48.5 Å². The standard InChI is InChI=1S/C18H19ClO3/c1-18(2,3)22-17(20)12-21-16-11-7-5-9-14(16)13-8-4-6-10-15(13)19/h4-11H,12H2,1-3H3. The molecule has 0 spiro atoms. The maximum atomic E-state index is 11.8. The topological polar surface area (TPSA) is 35.5 Å². The molecule has 3 nitrogen and oxygen atoms in total. The van der Waals surface area contributed by atoms with Crippen LogP contribution in [-0.4, -0.2) is 18.2 Å². The number of carbonyl (C=O) groups is 1. The van der Waals surface area contributed by atoms with Gasteiger partial charge in [0.1, 0.15) is 11.4 Å². The van der Waals surface area contributed by atoms with Gasteiger partial charge in [-0.1, -0.05) is 48.0 Å². The van der Waals surface area contributed by atoms with Gasteiger partial charge in [0.25, 0.3) is 0 Å². The lowest BCUT2D eigenvalue weighted by atomic mass is 10.0. The molecule has 0 radical (unpaired) electrons. The van der Waals surface area contributed by atoms with Gasteiger partial charge in [-0.2, -0.15) is 0 Å². The average Bonchev–Trinajstić information content (AvgIpc) is 2.44. The molecule has 0 aliphatic heterocycles. The molecule has 0 N–H and O–H groups in total. The van der Waals surface area contributed by atoms with Crippen molar-refractivity contribution in [1.29, 1.82) is 0 Å². The van der Waals surface area contributed by atoms with E-state index in [1.165, 1.54) is 0 Å². The van der Waals surface area contributed by atoms with Gasteiger partial charge in [-0.05, 0) is 32.9 Å². The number of halogens is 1. The van der Waals surface area contributed by atoms with Crippen LogP contribution in [0.3, 0.4) is 0 Å². The summed E-state index contributed by atoms with van der Waals surface area (Å²) in [6.45, 7) is 5.33. The molecule has 0 aromatic heterocycles. The molecule has 4 heteroatoms. The fraction of sp³-hybridized carbons (Fsp3) is 0.278. The first kappa shape index (κ1) is 16.4. The second-order valence-corrected chi connectivity index (χ2v) is 6.26. The summed E-state index contributed by atoms with van der Waals surface area (Å²) in [5.74, 6) is 0.197. The zero-order valence-corrected chi connectivity index (χ0v) is 13.7. The third kappa shape index (κ3) is 4.50. The maximum absolute atomic E-state index is 11.8. The molecule has 2 aromatic rings. The number of carbonyl (C=O) groups excluding carboxylic acids is 1. The Morgan fingerprint density at radius 1 is 1.00 bits per heavy atom. The highest BCUT2D eigenvalue weighted by Crippen LogP contribution is 2.34. The van der Waals surface area contributed by atoms with Crippen molar-refractivity contribution in [2.75, 3.05) is 6.61 Å². The van der Waals surface area contributed by atoms with Gasteiger partial charge in [0.05, 0.1) is 0 Å². The Kier molecular flexibility index (Phi) is 5.09. The van der Waals surface area contributed by atoms with Gasteiger partial charge in [-0.25, -0.2) is 4.79 Å². The summed E-state index contributed by atoms with van der Waals surface area (Å²) in [5.41, 5.74) is 1.18. The van der Waals surface area contributed by atoms with Crippen LogP contribution in [0, 0.1) is 0 Å². The van der Waals surface area contributed by atoms with E-state index < -0.39 is 11.6 Å². The molecule has 0 aliphatic rings. The first-order valence-corrected chi connectivity index (χ1v) is 7.43. The first-order valence-electron chi connectivity index (χ1n) is 7.05. The molecule has 0 amide bonds. The van der Waals surface area contributed by atoms with Gasteiger partial charge in [-0.3, -0.25) is 0 Å². The quantitative estimate of drug-likeness (QED) is 0.765. The number of para-hydroxylation sites is 1. The maximum Gasteiger partial charge on any atom is 0.344 e. The van der Waals surface area contributed by atoms with Crippen molar-refractivity contribution < 1.29 is 14.3 Å². The van der Waals surface area contributed by atoms with Crippen molar-refractivity contribution in [1.82, 2.24) is 0 Å². The van der Waals surface area contributed by atoms with Crippen LogP contribution in [0.5, 0.6) is 5.75 Å². The Balaban J connectivity index is 2.16. The summed E-state index contributed by atoms with van der Waals surface area (Å²) < 4.78 is 10.9. The van der Waals surface area contributed by atoms with E-state index >= 15 is 0 Å². The Morgan fingerprint density at radius 3 is 2.23 bits per heavy atom. The van der Waals surface area contributed by atoms with Crippen molar-refractivity contribution in [2.24, 2.45) is 0 Å². The number of rotatable bonds is 4. The summed E-state index contributed by atoms with van der Waals surface area (Å²) in [7, 11) is 0. The van der Waals surface area contributed by atoms with E-state index in [0.717, 1.165) is 11.1 Å². The molecule has 0 heterocycles. The molecule has 2 rings (SSSR count). The monoisotopic (exact) mass is 318 g/mol. The summed E-state index contributed by atoms with van der Waals surface area (Å²) in [6.07, 6.45) is 0. The smallest absolute Gasteiger partial charge is 0.344 e. The number of esters is 1. The number of ether oxygens (including phenoxy) is 2. The summed E-state index contributed by atoms with van der Waals surface area (Å²) in [6, 6.07) is 15.0. The third-order valence-corrected chi connectivity index (χ3v) is 3.15. The van der Waals surface area contributed by atoms with Crippen LogP contribution in [0.2, 0.25) is 5.02 Å². The largest absolute Gasteiger partial charge is 0.481 e. The molecule has 0 fully saturated rings. The molecular formula is C18H19ClO3. The molecule has 116 valence electrons. The summed E-state index contributed by atoms with van der Waals surface area (Å²) in [5, 5.41) is 0.635. The van der Waals surface area contributed by atoms with Crippen LogP contribution in [0.1, 0.15) is 20.8 Å². The van der Waals surface area contributed by atoms with E-state index in [9.17, 15) is 4.79 Å². The van der Waals surface area contributed by atoms with E-state index in [2.05, 4.69) is 0 Å². The van der Waals surface area contributed by atoms with Gasteiger partial charge in [0.2, 0.25) is 0 Å². The molecule has 2 aromatic carbocycles. The molecule has 0 unspecified atom stereocenters. The average molecular weight is 319 g/mol.